The minimum absolute atomic E-state index is 0.0165. The van der Waals surface area contributed by atoms with Crippen molar-refractivity contribution >= 4 is 11.7 Å². The van der Waals surface area contributed by atoms with E-state index in [0.29, 0.717) is 17.4 Å². The molecule has 5 heteroatoms. The lowest BCUT2D eigenvalue weighted by Gasteiger charge is -2.32. The first kappa shape index (κ1) is 16.0. The summed E-state index contributed by atoms with van der Waals surface area (Å²) in [6.45, 7) is 3.79. The molecule has 2 aliphatic heterocycles. The highest BCUT2D eigenvalue weighted by Gasteiger charge is 2.36. The van der Waals surface area contributed by atoms with E-state index in [-0.39, 0.29) is 24.3 Å². The molecule has 1 amide bonds. The number of benzene rings is 1. The van der Waals surface area contributed by atoms with Gasteiger partial charge in [0.25, 0.3) is 5.91 Å². The van der Waals surface area contributed by atoms with Crippen LogP contribution < -0.4 is 10.1 Å². The van der Waals surface area contributed by atoms with Crippen molar-refractivity contribution in [2.24, 2.45) is 0 Å². The summed E-state index contributed by atoms with van der Waals surface area (Å²) in [4.78, 5) is 25.8. The summed E-state index contributed by atoms with van der Waals surface area (Å²) in [6.07, 6.45) is 4.74. The van der Waals surface area contributed by atoms with E-state index in [1.807, 2.05) is 0 Å². The predicted octanol–water partition coefficient (Wildman–Crippen LogP) is 2.01. The number of hydrogen-bond acceptors (Lipinski definition) is 4. The Labute approximate surface area is 137 Å². The van der Waals surface area contributed by atoms with E-state index in [2.05, 4.69) is 10.2 Å². The maximum Gasteiger partial charge on any atom is 0.258 e. The van der Waals surface area contributed by atoms with Gasteiger partial charge in [-0.3, -0.25) is 14.5 Å². The Hall–Kier alpha value is -1.88. The molecule has 1 N–H and O–H groups in total. The van der Waals surface area contributed by atoms with Crippen molar-refractivity contribution in [3.8, 4) is 5.75 Å². The fraction of sp³-hybridized carbons (Fsp3) is 0.556. The molecule has 124 valence electrons. The summed E-state index contributed by atoms with van der Waals surface area (Å²) in [6, 6.07) is 7.64. The summed E-state index contributed by atoms with van der Waals surface area (Å²) >= 11 is 0. The number of rotatable bonds is 5. The van der Waals surface area contributed by atoms with Crippen molar-refractivity contribution in [3.63, 3.8) is 0 Å². The number of ketones is 1. The second-order valence-electron chi connectivity index (χ2n) is 6.43. The van der Waals surface area contributed by atoms with Crippen molar-refractivity contribution in [1.82, 2.24) is 10.2 Å². The van der Waals surface area contributed by atoms with Crippen LogP contribution in [-0.2, 0) is 4.79 Å². The zero-order chi connectivity index (χ0) is 16.2. The molecular formula is C18H24N2O3. The first-order valence-electron chi connectivity index (χ1n) is 8.41. The van der Waals surface area contributed by atoms with Gasteiger partial charge in [-0.1, -0.05) is 6.42 Å². The van der Waals surface area contributed by atoms with Gasteiger partial charge in [0.05, 0.1) is 0 Å². The molecule has 2 fully saturated rings. The SMILES string of the molecule is CC(=O)c1ccc(OCC(=O)N[C@H]2CCN3CCCC[C@H]23)cc1. The highest BCUT2D eigenvalue weighted by Crippen LogP contribution is 2.27. The predicted molar refractivity (Wildman–Crippen MR) is 87.7 cm³/mol. The maximum absolute atomic E-state index is 12.1. The molecule has 2 heterocycles. The van der Waals surface area contributed by atoms with Crippen LogP contribution in [0.2, 0.25) is 0 Å². The summed E-state index contributed by atoms with van der Waals surface area (Å²) < 4.78 is 5.51. The first-order chi connectivity index (χ1) is 11.1. The van der Waals surface area contributed by atoms with E-state index in [1.54, 1.807) is 24.3 Å². The zero-order valence-electron chi connectivity index (χ0n) is 13.6. The molecule has 2 atom stereocenters. The number of ether oxygens (including phenoxy) is 1. The Kier molecular flexibility index (Phi) is 4.96. The van der Waals surface area contributed by atoms with E-state index in [0.717, 1.165) is 19.5 Å². The van der Waals surface area contributed by atoms with E-state index >= 15 is 0 Å². The van der Waals surface area contributed by atoms with Gasteiger partial charge >= 0.3 is 0 Å². The maximum atomic E-state index is 12.1. The van der Waals surface area contributed by atoms with E-state index < -0.39 is 0 Å². The fourth-order valence-electron chi connectivity index (χ4n) is 3.60. The Morgan fingerprint density at radius 3 is 2.70 bits per heavy atom. The monoisotopic (exact) mass is 316 g/mol. The third-order valence-electron chi connectivity index (χ3n) is 4.83. The van der Waals surface area contributed by atoms with E-state index in [9.17, 15) is 9.59 Å². The van der Waals surface area contributed by atoms with Crippen LogP contribution in [0.15, 0.2) is 24.3 Å². The topological polar surface area (TPSA) is 58.6 Å². The van der Waals surface area contributed by atoms with Crippen LogP contribution >= 0.6 is 0 Å². The highest BCUT2D eigenvalue weighted by molar-refractivity contribution is 5.94. The number of nitrogens with one attached hydrogen (secondary N) is 1. The van der Waals surface area contributed by atoms with Gasteiger partial charge in [-0.15, -0.1) is 0 Å². The van der Waals surface area contributed by atoms with Gasteiger partial charge in [0.2, 0.25) is 0 Å². The van der Waals surface area contributed by atoms with Crippen LogP contribution in [0.25, 0.3) is 0 Å². The van der Waals surface area contributed by atoms with Crippen LogP contribution in [0.4, 0.5) is 0 Å². The van der Waals surface area contributed by atoms with Gasteiger partial charge in [0, 0.05) is 24.2 Å². The third-order valence-corrected chi connectivity index (χ3v) is 4.83. The second-order valence-corrected chi connectivity index (χ2v) is 6.43. The number of piperidine rings is 1. The summed E-state index contributed by atoms with van der Waals surface area (Å²) in [5, 5.41) is 3.12. The molecule has 23 heavy (non-hydrogen) atoms. The van der Waals surface area contributed by atoms with Crippen LogP contribution in [0, 0.1) is 0 Å². The molecule has 0 aliphatic carbocycles. The Balaban J connectivity index is 1.47. The lowest BCUT2D eigenvalue weighted by molar-refractivity contribution is -0.124. The number of carbonyl (C=O) groups is 2. The summed E-state index contributed by atoms with van der Waals surface area (Å²) in [5.74, 6) is 0.557. The third kappa shape index (κ3) is 3.91. The minimum Gasteiger partial charge on any atom is -0.484 e. The number of nitrogens with zero attached hydrogens (tertiary/aromatic N) is 1. The second kappa shape index (κ2) is 7.13. The Bertz CT molecular complexity index is 570. The minimum atomic E-state index is -0.0712. The van der Waals surface area contributed by atoms with E-state index in [4.69, 9.17) is 4.74 Å². The lowest BCUT2D eigenvalue weighted by atomic mass is 9.99. The fourth-order valence-corrected chi connectivity index (χ4v) is 3.60. The van der Waals surface area contributed by atoms with Gasteiger partial charge in [0.1, 0.15) is 5.75 Å². The number of Topliss-reactive ketones (excluding diaryl/α,β-unsaturated/α-hetero) is 1. The van der Waals surface area contributed by atoms with Crippen LogP contribution in [-0.4, -0.2) is 48.4 Å². The van der Waals surface area contributed by atoms with Crippen molar-refractivity contribution in [3.05, 3.63) is 29.8 Å². The van der Waals surface area contributed by atoms with Crippen molar-refractivity contribution < 1.29 is 14.3 Å². The molecule has 0 bridgehead atoms. The summed E-state index contributed by atoms with van der Waals surface area (Å²) in [7, 11) is 0. The zero-order valence-corrected chi connectivity index (χ0v) is 13.6. The van der Waals surface area contributed by atoms with Gasteiger partial charge in [0.15, 0.2) is 12.4 Å². The molecule has 1 aromatic rings. The van der Waals surface area contributed by atoms with Gasteiger partial charge in [-0.05, 0) is 57.0 Å². The lowest BCUT2D eigenvalue weighted by Crippen LogP contribution is -2.47. The summed E-state index contributed by atoms with van der Waals surface area (Å²) in [5.41, 5.74) is 0.644. The van der Waals surface area contributed by atoms with Crippen molar-refractivity contribution in [1.29, 1.82) is 0 Å². The number of fused-ring (bicyclic) bond motifs is 1. The molecule has 3 rings (SSSR count). The number of hydrogen-bond donors (Lipinski definition) is 1. The van der Waals surface area contributed by atoms with E-state index in [1.165, 1.54) is 26.2 Å². The molecule has 0 unspecified atom stereocenters. The molecule has 1 aromatic carbocycles. The Morgan fingerprint density at radius 1 is 1.17 bits per heavy atom. The molecule has 2 saturated heterocycles. The molecule has 0 spiro atoms. The van der Waals surface area contributed by atoms with Gasteiger partial charge < -0.3 is 10.1 Å². The standard InChI is InChI=1S/C18H24N2O3/c1-13(21)14-5-7-15(8-6-14)23-12-18(22)19-16-9-11-20-10-3-2-4-17(16)20/h5-8,16-17H,2-4,9-12H2,1H3,(H,19,22)/t16-,17+/m0/s1. The van der Waals surface area contributed by atoms with Crippen LogP contribution in [0.3, 0.4) is 0 Å². The highest BCUT2D eigenvalue weighted by atomic mass is 16.5. The molecule has 2 aliphatic rings. The normalized spacial score (nSPS) is 24.0. The van der Waals surface area contributed by atoms with Gasteiger partial charge in [-0.2, -0.15) is 0 Å². The van der Waals surface area contributed by atoms with Crippen molar-refractivity contribution in [2.45, 2.75) is 44.7 Å². The molecule has 0 radical (unpaired) electrons. The largest absolute Gasteiger partial charge is 0.484 e. The van der Waals surface area contributed by atoms with Crippen molar-refractivity contribution in [2.75, 3.05) is 19.7 Å². The molecule has 0 aromatic heterocycles. The smallest absolute Gasteiger partial charge is 0.258 e. The number of amides is 1. The quantitative estimate of drug-likeness (QED) is 0.844. The molecular weight excluding hydrogens is 292 g/mol. The molecule has 5 nitrogen and oxygen atoms in total. The number of carbonyl (C=O) groups excluding carboxylic acids is 2. The average Bonchev–Trinajstić information content (AvgIpc) is 2.96. The Morgan fingerprint density at radius 2 is 1.96 bits per heavy atom. The average molecular weight is 316 g/mol. The van der Waals surface area contributed by atoms with Crippen LogP contribution in [0.5, 0.6) is 5.75 Å². The first-order valence-corrected chi connectivity index (χ1v) is 8.41. The molecule has 0 saturated carbocycles. The van der Waals surface area contributed by atoms with Gasteiger partial charge in [-0.25, -0.2) is 0 Å². The van der Waals surface area contributed by atoms with Crippen LogP contribution in [0.1, 0.15) is 43.0 Å².